The molecule has 0 amide bonds. The van der Waals surface area contributed by atoms with Crippen molar-refractivity contribution in [2.75, 3.05) is 33.3 Å². The van der Waals surface area contributed by atoms with Crippen LogP contribution in [0.15, 0.2) is 17.4 Å². The third kappa shape index (κ3) is 6.63. The Morgan fingerprint density at radius 3 is 2.88 bits per heavy atom. The highest BCUT2D eigenvalue weighted by Gasteiger charge is 2.25. The molecule has 0 radical (unpaired) electrons. The molecule has 1 aliphatic heterocycles. The number of hydrogen-bond acceptors (Lipinski definition) is 3. The largest absolute Gasteiger partial charge is 0.370 e. The van der Waals surface area contributed by atoms with Gasteiger partial charge in [-0.15, -0.1) is 0 Å². The molecule has 0 spiro atoms. The Labute approximate surface area is 159 Å². The van der Waals surface area contributed by atoms with Crippen molar-refractivity contribution < 1.29 is 4.74 Å². The Morgan fingerprint density at radius 2 is 2.19 bits per heavy atom. The second kappa shape index (κ2) is 11.2. The first-order chi connectivity index (χ1) is 12.6. The second-order valence-corrected chi connectivity index (χ2v) is 7.49. The first-order valence-corrected chi connectivity index (χ1v) is 10.2. The molecule has 1 aromatic heterocycles. The summed E-state index contributed by atoms with van der Waals surface area (Å²) in [4.78, 5) is 6.79. The molecule has 1 fully saturated rings. The molecular formula is C20H37N5O. The van der Waals surface area contributed by atoms with Gasteiger partial charge in [0, 0.05) is 38.9 Å². The summed E-state index contributed by atoms with van der Waals surface area (Å²) in [6.07, 6.45) is 12.0. The van der Waals surface area contributed by atoms with Gasteiger partial charge in [0.25, 0.3) is 0 Å². The molecule has 148 valence electrons. The molecule has 2 atom stereocenters. The van der Waals surface area contributed by atoms with Crippen LogP contribution >= 0.6 is 0 Å². The van der Waals surface area contributed by atoms with Crippen LogP contribution in [0.4, 0.5) is 0 Å². The van der Waals surface area contributed by atoms with Gasteiger partial charge in [0.15, 0.2) is 5.96 Å². The van der Waals surface area contributed by atoms with E-state index in [4.69, 9.17) is 4.74 Å². The molecule has 1 N–H and O–H groups in total. The lowest BCUT2D eigenvalue weighted by Crippen LogP contribution is -2.48. The Bertz CT molecular complexity index is 542. The predicted molar refractivity (Wildman–Crippen MR) is 107 cm³/mol. The monoisotopic (exact) mass is 363 g/mol. The van der Waals surface area contributed by atoms with Gasteiger partial charge in [0.2, 0.25) is 0 Å². The Morgan fingerprint density at radius 1 is 1.38 bits per heavy atom. The van der Waals surface area contributed by atoms with Crippen LogP contribution in [0.5, 0.6) is 0 Å². The van der Waals surface area contributed by atoms with E-state index >= 15 is 0 Å². The number of hydrogen-bond donors (Lipinski definition) is 1. The maximum absolute atomic E-state index is 5.94. The molecule has 26 heavy (non-hydrogen) atoms. The van der Waals surface area contributed by atoms with Crippen molar-refractivity contribution in [2.45, 2.75) is 58.5 Å². The summed E-state index contributed by atoms with van der Waals surface area (Å²) in [5, 5.41) is 7.83. The van der Waals surface area contributed by atoms with Crippen molar-refractivity contribution in [1.29, 1.82) is 0 Å². The SMILES string of the molecule is CCCCCCCC(C)CNC(=NC)N1CCOC(c2cnn(C)c2)C1. The third-order valence-corrected chi connectivity index (χ3v) is 5.08. The number of nitrogens with zero attached hydrogens (tertiary/aromatic N) is 4. The summed E-state index contributed by atoms with van der Waals surface area (Å²) in [6.45, 7) is 7.99. The molecular weight excluding hydrogens is 326 g/mol. The van der Waals surface area contributed by atoms with Crippen LogP contribution in [0.2, 0.25) is 0 Å². The Balaban J connectivity index is 1.75. The third-order valence-electron chi connectivity index (χ3n) is 5.08. The minimum atomic E-state index is 0.0620. The van der Waals surface area contributed by atoms with Crippen LogP contribution in [0.25, 0.3) is 0 Å². The maximum atomic E-state index is 5.94. The normalized spacial score (nSPS) is 19.6. The van der Waals surface area contributed by atoms with E-state index in [9.17, 15) is 0 Å². The van der Waals surface area contributed by atoms with Gasteiger partial charge in [0.05, 0.1) is 19.3 Å². The summed E-state index contributed by atoms with van der Waals surface area (Å²) < 4.78 is 7.76. The Kier molecular flexibility index (Phi) is 8.95. The Hall–Kier alpha value is -1.56. The van der Waals surface area contributed by atoms with E-state index in [2.05, 4.69) is 34.2 Å². The minimum absolute atomic E-state index is 0.0620. The number of rotatable bonds is 9. The van der Waals surface area contributed by atoms with E-state index < -0.39 is 0 Å². The van der Waals surface area contributed by atoms with Gasteiger partial charge < -0.3 is 15.0 Å². The molecule has 0 bridgehead atoms. The van der Waals surface area contributed by atoms with E-state index in [1.54, 1.807) is 0 Å². The fourth-order valence-electron chi connectivity index (χ4n) is 3.45. The lowest BCUT2D eigenvalue weighted by Gasteiger charge is -2.35. The number of unbranched alkanes of at least 4 members (excludes halogenated alkanes) is 4. The van der Waals surface area contributed by atoms with Crippen LogP contribution in [0.1, 0.15) is 64.0 Å². The molecule has 2 heterocycles. The van der Waals surface area contributed by atoms with Gasteiger partial charge in [0.1, 0.15) is 6.10 Å². The molecule has 1 saturated heterocycles. The number of ether oxygens (including phenoxy) is 1. The molecule has 0 aromatic carbocycles. The topological polar surface area (TPSA) is 54.7 Å². The van der Waals surface area contributed by atoms with Crippen LogP contribution in [0.3, 0.4) is 0 Å². The average Bonchev–Trinajstić information content (AvgIpc) is 3.09. The van der Waals surface area contributed by atoms with Crippen LogP contribution in [-0.2, 0) is 11.8 Å². The number of aryl methyl sites for hydroxylation is 1. The molecule has 2 unspecified atom stereocenters. The van der Waals surface area contributed by atoms with Crippen molar-refractivity contribution in [1.82, 2.24) is 20.0 Å². The molecule has 0 aliphatic carbocycles. The molecule has 2 rings (SSSR count). The zero-order valence-corrected chi connectivity index (χ0v) is 17.1. The lowest BCUT2D eigenvalue weighted by molar-refractivity contribution is -0.00807. The summed E-state index contributed by atoms with van der Waals surface area (Å²) in [5.41, 5.74) is 1.13. The highest BCUT2D eigenvalue weighted by atomic mass is 16.5. The summed E-state index contributed by atoms with van der Waals surface area (Å²) in [6, 6.07) is 0. The fraction of sp³-hybridized carbons (Fsp3) is 0.800. The van der Waals surface area contributed by atoms with E-state index in [-0.39, 0.29) is 6.10 Å². The highest BCUT2D eigenvalue weighted by molar-refractivity contribution is 5.80. The van der Waals surface area contributed by atoms with Crippen molar-refractivity contribution in [3.8, 4) is 0 Å². The fourth-order valence-corrected chi connectivity index (χ4v) is 3.45. The second-order valence-electron chi connectivity index (χ2n) is 7.49. The quantitative estimate of drug-likeness (QED) is 0.415. The maximum Gasteiger partial charge on any atom is 0.193 e. The first kappa shape index (κ1) is 20.7. The number of aromatic nitrogens is 2. The molecule has 1 aromatic rings. The number of nitrogens with one attached hydrogen (secondary N) is 1. The molecule has 1 aliphatic rings. The van der Waals surface area contributed by atoms with Gasteiger partial charge in [-0.1, -0.05) is 46.0 Å². The van der Waals surface area contributed by atoms with Gasteiger partial charge in [-0.05, 0) is 12.3 Å². The summed E-state index contributed by atoms with van der Waals surface area (Å²) in [7, 11) is 3.81. The van der Waals surface area contributed by atoms with Gasteiger partial charge in [-0.25, -0.2) is 0 Å². The average molecular weight is 364 g/mol. The van der Waals surface area contributed by atoms with E-state index in [0.29, 0.717) is 12.5 Å². The summed E-state index contributed by atoms with van der Waals surface area (Å²) in [5.74, 6) is 1.66. The van der Waals surface area contributed by atoms with Gasteiger partial charge >= 0.3 is 0 Å². The van der Waals surface area contributed by atoms with E-state index in [1.165, 1.54) is 38.5 Å². The van der Waals surface area contributed by atoms with Gasteiger partial charge in [-0.3, -0.25) is 9.67 Å². The highest BCUT2D eigenvalue weighted by Crippen LogP contribution is 2.21. The van der Waals surface area contributed by atoms with Crippen molar-refractivity contribution in [3.05, 3.63) is 18.0 Å². The summed E-state index contributed by atoms with van der Waals surface area (Å²) >= 11 is 0. The van der Waals surface area contributed by atoms with Gasteiger partial charge in [-0.2, -0.15) is 5.10 Å². The van der Waals surface area contributed by atoms with E-state index in [0.717, 1.165) is 31.2 Å². The number of morpholine rings is 1. The van der Waals surface area contributed by atoms with Crippen LogP contribution in [-0.4, -0.2) is 53.9 Å². The molecule has 6 nitrogen and oxygen atoms in total. The standard InChI is InChI=1S/C20H37N5O/c1-5-6-7-8-9-10-17(2)13-22-20(21-3)25-11-12-26-19(16-25)18-14-23-24(4)15-18/h14-15,17,19H,5-13,16H2,1-4H3,(H,21,22). The zero-order chi connectivity index (χ0) is 18.8. The number of aliphatic imine (C=N–C) groups is 1. The zero-order valence-electron chi connectivity index (χ0n) is 17.1. The lowest BCUT2D eigenvalue weighted by atomic mass is 10.0. The van der Waals surface area contributed by atoms with E-state index in [1.807, 2.05) is 31.2 Å². The van der Waals surface area contributed by atoms with Crippen LogP contribution in [0, 0.1) is 5.92 Å². The predicted octanol–water partition coefficient (Wildman–Crippen LogP) is 3.37. The van der Waals surface area contributed by atoms with Crippen molar-refractivity contribution >= 4 is 5.96 Å². The first-order valence-electron chi connectivity index (χ1n) is 10.2. The van der Waals surface area contributed by atoms with Crippen molar-refractivity contribution in [3.63, 3.8) is 0 Å². The number of guanidine groups is 1. The van der Waals surface area contributed by atoms with Crippen molar-refractivity contribution in [2.24, 2.45) is 18.0 Å². The minimum Gasteiger partial charge on any atom is -0.370 e. The van der Waals surface area contributed by atoms with Crippen LogP contribution < -0.4 is 5.32 Å². The smallest absolute Gasteiger partial charge is 0.193 e. The molecule has 6 heteroatoms. The molecule has 0 saturated carbocycles.